The number of anilines is 1. The Morgan fingerprint density at radius 1 is 0.964 bits per heavy atom. The van der Waals surface area contributed by atoms with E-state index in [1.54, 1.807) is 41.3 Å². The molecule has 0 bridgehead atoms. The lowest BCUT2D eigenvalue weighted by Gasteiger charge is -2.19. The van der Waals surface area contributed by atoms with Gasteiger partial charge in [0.05, 0.1) is 18.8 Å². The van der Waals surface area contributed by atoms with Crippen molar-refractivity contribution >= 4 is 34.9 Å². The number of rotatable bonds is 9. The number of nitrogens with zero attached hydrogens (tertiary/aromatic N) is 1. The van der Waals surface area contributed by atoms with Gasteiger partial charge in [0.25, 0.3) is 0 Å². The number of hydrogen-bond acceptors (Lipinski definition) is 4. The lowest BCUT2D eigenvalue weighted by Crippen LogP contribution is -2.41. The van der Waals surface area contributed by atoms with Gasteiger partial charge in [-0.3, -0.25) is 19.3 Å². The number of benzene rings is 2. The summed E-state index contributed by atoms with van der Waals surface area (Å²) >= 11 is 5.84. The minimum Gasteiger partial charge on any atom is -0.351 e. The molecule has 2 N–H and O–H groups in total. The van der Waals surface area contributed by atoms with Crippen LogP contribution in [0.4, 0.5) is 5.69 Å². The number of Topliss-reactive ketones (excluding diaryl/α,β-unsaturated/α-hetero) is 1. The van der Waals surface area contributed by atoms with Crippen LogP contribution in [-0.4, -0.2) is 42.1 Å². The predicted molar refractivity (Wildman–Crippen MR) is 110 cm³/mol. The number of ketones is 1. The average molecular weight is 402 g/mol. The zero-order valence-corrected chi connectivity index (χ0v) is 16.8. The summed E-state index contributed by atoms with van der Waals surface area (Å²) in [7, 11) is 0. The Morgan fingerprint density at radius 2 is 1.61 bits per heavy atom. The summed E-state index contributed by atoms with van der Waals surface area (Å²) in [6.07, 6.45) is 0. The van der Waals surface area contributed by atoms with Crippen molar-refractivity contribution in [2.75, 3.05) is 25.0 Å². The van der Waals surface area contributed by atoms with Gasteiger partial charge < -0.3 is 10.6 Å². The number of likely N-dealkylation sites (N-methyl/N-ethyl adjacent to an activating group) is 1. The highest BCUT2D eigenvalue weighted by atomic mass is 35.5. The topological polar surface area (TPSA) is 78.5 Å². The molecule has 2 rings (SSSR count). The first-order valence-corrected chi connectivity index (χ1v) is 9.40. The first kappa shape index (κ1) is 21.6. The molecule has 28 heavy (non-hydrogen) atoms. The Kier molecular flexibility index (Phi) is 8.17. The molecule has 0 aliphatic heterocycles. The van der Waals surface area contributed by atoms with Crippen LogP contribution in [0, 0.1) is 0 Å². The Labute approximate surface area is 169 Å². The fourth-order valence-corrected chi connectivity index (χ4v) is 2.76. The monoisotopic (exact) mass is 401 g/mol. The minimum absolute atomic E-state index is 0.0527. The molecular weight excluding hydrogens is 378 g/mol. The summed E-state index contributed by atoms with van der Waals surface area (Å²) in [4.78, 5) is 37.9. The van der Waals surface area contributed by atoms with E-state index in [1.165, 1.54) is 6.92 Å². The first-order chi connectivity index (χ1) is 13.4. The largest absolute Gasteiger partial charge is 0.351 e. The van der Waals surface area contributed by atoms with Gasteiger partial charge in [0, 0.05) is 17.1 Å². The summed E-state index contributed by atoms with van der Waals surface area (Å²) in [5.41, 5.74) is 1.88. The van der Waals surface area contributed by atoms with Crippen LogP contribution in [0.5, 0.6) is 0 Å². The fourth-order valence-electron chi connectivity index (χ4n) is 2.63. The van der Waals surface area contributed by atoms with Gasteiger partial charge in [-0.05, 0) is 43.3 Å². The van der Waals surface area contributed by atoms with E-state index in [1.807, 2.05) is 19.1 Å². The Bertz CT molecular complexity index is 837. The summed E-state index contributed by atoms with van der Waals surface area (Å²) in [6, 6.07) is 14.1. The maximum absolute atomic E-state index is 12.3. The lowest BCUT2D eigenvalue weighted by molar-refractivity contribution is -0.123. The maximum Gasteiger partial charge on any atom is 0.238 e. The van der Waals surface area contributed by atoms with Crippen LogP contribution < -0.4 is 10.6 Å². The molecule has 6 nitrogen and oxygen atoms in total. The number of para-hydroxylation sites is 1. The highest BCUT2D eigenvalue weighted by Crippen LogP contribution is 2.15. The predicted octanol–water partition coefficient (Wildman–Crippen LogP) is 3.12. The zero-order chi connectivity index (χ0) is 20.5. The number of carbonyl (C=O) groups excluding carboxylic acids is 3. The second-order valence-corrected chi connectivity index (χ2v) is 6.79. The van der Waals surface area contributed by atoms with Crippen LogP contribution in [0.1, 0.15) is 29.8 Å². The maximum atomic E-state index is 12.3. The third-order valence-electron chi connectivity index (χ3n) is 4.17. The second kappa shape index (κ2) is 10.6. The molecule has 0 radical (unpaired) electrons. The summed E-state index contributed by atoms with van der Waals surface area (Å²) in [5, 5.41) is 6.22. The van der Waals surface area contributed by atoms with E-state index in [2.05, 4.69) is 10.6 Å². The fraction of sp³-hybridized carbons (Fsp3) is 0.286. The first-order valence-electron chi connectivity index (χ1n) is 9.02. The van der Waals surface area contributed by atoms with Crippen LogP contribution in [0.15, 0.2) is 48.5 Å². The van der Waals surface area contributed by atoms with Crippen molar-refractivity contribution in [2.45, 2.75) is 20.4 Å². The van der Waals surface area contributed by atoms with E-state index in [0.717, 1.165) is 5.56 Å². The molecule has 0 fully saturated rings. The van der Waals surface area contributed by atoms with Crippen LogP contribution in [0.2, 0.25) is 5.02 Å². The molecule has 0 saturated carbocycles. The molecule has 2 amide bonds. The number of nitrogens with one attached hydrogen (secondary N) is 2. The number of hydrogen-bond donors (Lipinski definition) is 2. The van der Waals surface area contributed by atoms with E-state index >= 15 is 0 Å². The molecule has 0 spiro atoms. The van der Waals surface area contributed by atoms with Gasteiger partial charge >= 0.3 is 0 Å². The summed E-state index contributed by atoms with van der Waals surface area (Å²) in [6.45, 7) is 4.42. The molecule has 0 aliphatic carbocycles. The van der Waals surface area contributed by atoms with Gasteiger partial charge in [0.1, 0.15) is 0 Å². The van der Waals surface area contributed by atoms with Crippen molar-refractivity contribution in [2.24, 2.45) is 0 Å². The zero-order valence-electron chi connectivity index (χ0n) is 16.0. The quantitative estimate of drug-likeness (QED) is 0.633. The van der Waals surface area contributed by atoms with Gasteiger partial charge in [0.2, 0.25) is 11.8 Å². The lowest BCUT2D eigenvalue weighted by atomic mass is 10.1. The smallest absolute Gasteiger partial charge is 0.238 e. The highest BCUT2D eigenvalue weighted by molar-refractivity contribution is 6.30. The van der Waals surface area contributed by atoms with E-state index < -0.39 is 0 Å². The van der Waals surface area contributed by atoms with E-state index in [0.29, 0.717) is 29.4 Å². The molecule has 0 saturated heterocycles. The van der Waals surface area contributed by atoms with Gasteiger partial charge in [0.15, 0.2) is 5.78 Å². The Balaban J connectivity index is 1.85. The van der Waals surface area contributed by atoms with Gasteiger partial charge in [-0.15, -0.1) is 0 Å². The highest BCUT2D eigenvalue weighted by Gasteiger charge is 2.15. The van der Waals surface area contributed by atoms with Gasteiger partial charge in [-0.25, -0.2) is 0 Å². The van der Waals surface area contributed by atoms with Crippen molar-refractivity contribution in [3.8, 4) is 0 Å². The third kappa shape index (κ3) is 6.79. The molecule has 7 heteroatoms. The van der Waals surface area contributed by atoms with Crippen molar-refractivity contribution in [1.29, 1.82) is 0 Å². The van der Waals surface area contributed by atoms with Crippen LogP contribution in [0.25, 0.3) is 0 Å². The molecule has 2 aromatic rings. The molecule has 0 atom stereocenters. The molecule has 0 heterocycles. The molecule has 148 valence electrons. The Morgan fingerprint density at radius 3 is 2.25 bits per heavy atom. The van der Waals surface area contributed by atoms with Gasteiger partial charge in [-0.1, -0.05) is 42.8 Å². The molecule has 0 aliphatic rings. The van der Waals surface area contributed by atoms with Crippen molar-refractivity contribution in [3.05, 3.63) is 64.7 Å². The molecular formula is C21H24ClN3O3. The standard InChI is InChI=1S/C21H24ClN3O3/c1-3-25(13-20(27)23-12-16-8-10-17(22)11-9-16)14-21(28)24-19-7-5-4-6-18(19)15(2)26/h4-11H,3,12-14H2,1-2H3,(H,23,27)(H,24,28). The third-order valence-corrected chi connectivity index (χ3v) is 4.42. The summed E-state index contributed by atoms with van der Waals surface area (Å²) in [5.74, 6) is -0.570. The van der Waals surface area contributed by atoms with Crippen LogP contribution in [-0.2, 0) is 16.1 Å². The summed E-state index contributed by atoms with van der Waals surface area (Å²) < 4.78 is 0. The molecule has 0 unspecified atom stereocenters. The van der Waals surface area contributed by atoms with E-state index in [9.17, 15) is 14.4 Å². The van der Waals surface area contributed by atoms with Crippen LogP contribution in [0.3, 0.4) is 0 Å². The molecule has 0 aromatic heterocycles. The number of halogens is 1. The van der Waals surface area contributed by atoms with Crippen molar-refractivity contribution in [1.82, 2.24) is 10.2 Å². The second-order valence-electron chi connectivity index (χ2n) is 6.36. The minimum atomic E-state index is -0.277. The van der Waals surface area contributed by atoms with E-state index in [-0.39, 0.29) is 30.7 Å². The SMILES string of the molecule is CCN(CC(=O)NCc1ccc(Cl)cc1)CC(=O)Nc1ccccc1C(C)=O. The van der Waals surface area contributed by atoms with Crippen molar-refractivity contribution < 1.29 is 14.4 Å². The van der Waals surface area contributed by atoms with Crippen LogP contribution >= 0.6 is 11.6 Å². The molecule has 2 aromatic carbocycles. The number of amides is 2. The van der Waals surface area contributed by atoms with E-state index in [4.69, 9.17) is 11.6 Å². The normalized spacial score (nSPS) is 10.6. The van der Waals surface area contributed by atoms with Gasteiger partial charge in [-0.2, -0.15) is 0 Å². The Hall–Kier alpha value is -2.70. The number of carbonyl (C=O) groups is 3. The average Bonchev–Trinajstić information content (AvgIpc) is 2.67. The van der Waals surface area contributed by atoms with Crippen molar-refractivity contribution in [3.63, 3.8) is 0 Å².